The highest BCUT2D eigenvalue weighted by Crippen LogP contribution is 2.23. The van der Waals surface area contributed by atoms with E-state index in [1.807, 2.05) is 25.1 Å². The van der Waals surface area contributed by atoms with Crippen molar-refractivity contribution in [1.29, 1.82) is 0 Å². The van der Waals surface area contributed by atoms with E-state index in [0.29, 0.717) is 0 Å². The molecule has 2 atom stereocenters. The summed E-state index contributed by atoms with van der Waals surface area (Å²) in [7, 11) is 0. The van der Waals surface area contributed by atoms with E-state index in [-0.39, 0.29) is 11.8 Å². The summed E-state index contributed by atoms with van der Waals surface area (Å²) in [5.74, 6) is -1.28. The van der Waals surface area contributed by atoms with Gasteiger partial charge < -0.3 is 16.6 Å². The second-order valence-electron chi connectivity index (χ2n) is 5.03. The lowest BCUT2D eigenvalue weighted by Gasteiger charge is -2.31. The highest BCUT2D eigenvalue weighted by atomic mass is 16.4. The SMILES string of the molecule is CC(CCc1ccccc1)C(C)C(N)(N)C(=O)O. The molecule has 4 heteroatoms. The first-order valence-corrected chi connectivity index (χ1v) is 6.20. The van der Waals surface area contributed by atoms with Gasteiger partial charge in [0.1, 0.15) is 0 Å². The normalized spacial score (nSPS) is 15.1. The van der Waals surface area contributed by atoms with Crippen LogP contribution >= 0.6 is 0 Å². The molecule has 0 fully saturated rings. The second kappa shape index (κ2) is 5.98. The van der Waals surface area contributed by atoms with Crippen LogP contribution in [0, 0.1) is 11.8 Å². The molecule has 0 bridgehead atoms. The molecule has 0 saturated carbocycles. The lowest BCUT2D eigenvalue weighted by Crippen LogP contribution is -2.62. The first kappa shape index (κ1) is 14.7. The molecule has 100 valence electrons. The van der Waals surface area contributed by atoms with Crippen molar-refractivity contribution in [3.63, 3.8) is 0 Å². The second-order valence-corrected chi connectivity index (χ2v) is 5.03. The molecular weight excluding hydrogens is 228 g/mol. The average Bonchev–Trinajstić information content (AvgIpc) is 2.36. The maximum Gasteiger partial charge on any atom is 0.338 e. The molecule has 18 heavy (non-hydrogen) atoms. The Bertz CT molecular complexity index is 390. The largest absolute Gasteiger partial charge is 0.479 e. The molecule has 0 aliphatic rings. The van der Waals surface area contributed by atoms with E-state index in [1.54, 1.807) is 6.92 Å². The van der Waals surface area contributed by atoms with Crippen molar-refractivity contribution >= 4 is 5.97 Å². The molecule has 2 unspecified atom stereocenters. The maximum absolute atomic E-state index is 11.0. The van der Waals surface area contributed by atoms with Gasteiger partial charge in [-0.3, -0.25) is 0 Å². The summed E-state index contributed by atoms with van der Waals surface area (Å²) in [6.07, 6.45) is 1.77. The number of nitrogens with two attached hydrogens (primary N) is 2. The quantitative estimate of drug-likeness (QED) is 0.669. The molecule has 4 nitrogen and oxygen atoms in total. The Hall–Kier alpha value is -1.39. The van der Waals surface area contributed by atoms with Gasteiger partial charge in [-0.15, -0.1) is 0 Å². The zero-order chi connectivity index (χ0) is 13.8. The number of benzene rings is 1. The number of rotatable bonds is 6. The minimum Gasteiger partial charge on any atom is -0.479 e. The van der Waals surface area contributed by atoms with Gasteiger partial charge in [-0.1, -0.05) is 44.2 Å². The Morgan fingerprint density at radius 3 is 2.33 bits per heavy atom. The Labute approximate surface area is 108 Å². The van der Waals surface area contributed by atoms with E-state index < -0.39 is 11.6 Å². The van der Waals surface area contributed by atoms with Crippen molar-refractivity contribution in [3.05, 3.63) is 35.9 Å². The number of carboxylic acid groups (broad SMARTS) is 1. The lowest BCUT2D eigenvalue weighted by atomic mass is 9.81. The van der Waals surface area contributed by atoms with Crippen LogP contribution in [-0.2, 0) is 11.2 Å². The van der Waals surface area contributed by atoms with E-state index >= 15 is 0 Å². The van der Waals surface area contributed by atoms with Crippen molar-refractivity contribution in [2.75, 3.05) is 0 Å². The van der Waals surface area contributed by atoms with Crippen LogP contribution in [0.1, 0.15) is 25.8 Å². The van der Waals surface area contributed by atoms with Crippen LogP contribution in [0.4, 0.5) is 0 Å². The van der Waals surface area contributed by atoms with E-state index in [4.69, 9.17) is 16.6 Å². The molecule has 1 aromatic rings. The van der Waals surface area contributed by atoms with Crippen LogP contribution in [-0.4, -0.2) is 16.7 Å². The Balaban J connectivity index is 2.56. The number of aliphatic carboxylic acids is 1. The Morgan fingerprint density at radius 1 is 1.28 bits per heavy atom. The predicted molar refractivity (Wildman–Crippen MR) is 71.8 cm³/mol. The smallest absolute Gasteiger partial charge is 0.338 e. The number of aryl methyl sites for hydroxylation is 1. The molecule has 1 aromatic carbocycles. The standard InChI is InChI=1S/C14H22N2O2/c1-10(11(2)14(15,16)13(17)18)8-9-12-6-4-3-5-7-12/h3-7,10-11H,8-9,15-16H2,1-2H3,(H,17,18). The minimum absolute atomic E-state index is 0.149. The monoisotopic (exact) mass is 250 g/mol. The van der Waals surface area contributed by atoms with Crippen LogP contribution in [0.15, 0.2) is 30.3 Å². The van der Waals surface area contributed by atoms with E-state index in [0.717, 1.165) is 12.8 Å². The number of hydrogen-bond acceptors (Lipinski definition) is 3. The number of hydrogen-bond donors (Lipinski definition) is 3. The Morgan fingerprint density at radius 2 is 1.83 bits per heavy atom. The van der Waals surface area contributed by atoms with Crippen molar-refractivity contribution in [2.45, 2.75) is 32.4 Å². The molecule has 0 aliphatic heterocycles. The summed E-state index contributed by atoms with van der Waals surface area (Å²) in [4.78, 5) is 11.0. The van der Waals surface area contributed by atoms with Gasteiger partial charge in [0.15, 0.2) is 5.66 Å². The number of carbonyl (C=O) groups is 1. The third kappa shape index (κ3) is 3.55. The van der Waals surface area contributed by atoms with Crippen LogP contribution in [0.25, 0.3) is 0 Å². The minimum atomic E-state index is -1.66. The molecule has 0 heterocycles. The van der Waals surface area contributed by atoms with Gasteiger partial charge in [0, 0.05) is 5.92 Å². The number of carboxylic acids is 1. The molecule has 0 spiro atoms. The van der Waals surface area contributed by atoms with Crippen LogP contribution < -0.4 is 11.5 Å². The summed E-state index contributed by atoms with van der Waals surface area (Å²) in [6, 6.07) is 10.1. The molecule has 0 aliphatic carbocycles. The van der Waals surface area contributed by atoms with Crippen LogP contribution in [0.3, 0.4) is 0 Å². The Kier molecular flexibility index (Phi) is 4.87. The highest BCUT2D eigenvalue weighted by molar-refractivity contribution is 5.77. The van der Waals surface area contributed by atoms with E-state index in [9.17, 15) is 4.79 Å². The lowest BCUT2D eigenvalue weighted by molar-refractivity contribution is -0.146. The zero-order valence-corrected chi connectivity index (χ0v) is 11.0. The fourth-order valence-corrected chi connectivity index (χ4v) is 1.95. The molecule has 1 rings (SSSR count). The predicted octanol–water partition coefficient (Wildman–Crippen LogP) is 1.59. The molecule has 0 radical (unpaired) electrons. The van der Waals surface area contributed by atoms with Gasteiger partial charge in [0.05, 0.1) is 0 Å². The summed E-state index contributed by atoms with van der Waals surface area (Å²) < 4.78 is 0. The zero-order valence-electron chi connectivity index (χ0n) is 11.0. The van der Waals surface area contributed by atoms with Crippen molar-refractivity contribution in [3.8, 4) is 0 Å². The molecule has 0 aromatic heterocycles. The summed E-state index contributed by atoms with van der Waals surface area (Å²) in [5.41, 5.74) is 10.9. The van der Waals surface area contributed by atoms with Gasteiger partial charge in [0.25, 0.3) is 0 Å². The summed E-state index contributed by atoms with van der Waals surface area (Å²) in [6.45, 7) is 3.79. The van der Waals surface area contributed by atoms with E-state index in [2.05, 4.69) is 12.1 Å². The van der Waals surface area contributed by atoms with Crippen molar-refractivity contribution in [2.24, 2.45) is 23.3 Å². The van der Waals surface area contributed by atoms with Gasteiger partial charge in [0.2, 0.25) is 0 Å². The fraction of sp³-hybridized carbons (Fsp3) is 0.500. The topological polar surface area (TPSA) is 89.3 Å². The third-order valence-electron chi connectivity index (χ3n) is 3.71. The van der Waals surface area contributed by atoms with Gasteiger partial charge in [-0.2, -0.15) is 0 Å². The molecule has 0 amide bonds. The van der Waals surface area contributed by atoms with Gasteiger partial charge >= 0.3 is 5.97 Å². The molecule has 5 N–H and O–H groups in total. The fourth-order valence-electron chi connectivity index (χ4n) is 1.95. The van der Waals surface area contributed by atoms with Gasteiger partial charge in [-0.05, 0) is 24.3 Å². The third-order valence-corrected chi connectivity index (χ3v) is 3.71. The van der Waals surface area contributed by atoms with Crippen LogP contribution in [0.2, 0.25) is 0 Å². The van der Waals surface area contributed by atoms with Crippen molar-refractivity contribution in [1.82, 2.24) is 0 Å². The van der Waals surface area contributed by atoms with E-state index in [1.165, 1.54) is 5.56 Å². The molecule has 0 saturated heterocycles. The molecular formula is C14H22N2O2. The summed E-state index contributed by atoms with van der Waals surface area (Å²) >= 11 is 0. The van der Waals surface area contributed by atoms with Crippen LogP contribution in [0.5, 0.6) is 0 Å². The summed E-state index contributed by atoms with van der Waals surface area (Å²) in [5, 5.41) is 9.00. The highest BCUT2D eigenvalue weighted by Gasteiger charge is 2.38. The average molecular weight is 250 g/mol. The first-order chi connectivity index (χ1) is 8.35. The van der Waals surface area contributed by atoms with Gasteiger partial charge in [-0.25, -0.2) is 4.79 Å². The van der Waals surface area contributed by atoms with Crippen molar-refractivity contribution < 1.29 is 9.90 Å². The first-order valence-electron chi connectivity index (χ1n) is 6.20. The maximum atomic E-state index is 11.0.